The van der Waals surface area contributed by atoms with Crippen molar-refractivity contribution in [3.8, 4) is 5.75 Å². The molecule has 1 aromatic rings. The van der Waals surface area contributed by atoms with Crippen molar-refractivity contribution < 1.29 is 47.9 Å². The molecule has 0 aromatic heterocycles. The lowest BCUT2D eigenvalue weighted by atomic mass is 9.85. The van der Waals surface area contributed by atoms with E-state index in [1.54, 1.807) is 0 Å². The maximum absolute atomic E-state index is 12.8. The minimum absolute atomic E-state index is 0.0681. The van der Waals surface area contributed by atoms with Crippen molar-refractivity contribution >= 4 is 11.9 Å². The molecular formula is C23H31F3O7. The van der Waals surface area contributed by atoms with Crippen LogP contribution in [0.4, 0.5) is 13.2 Å². The van der Waals surface area contributed by atoms with E-state index in [-0.39, 0.29) is 43.3 Å². The van der Waals surface area contributed by atoms with Gasteiger partial charge in [0.2, 0.25) is 0 Å². The van der Waals surface area contributed by atoms with E-state index in [0.717, 1.165) is 31.4 Å². The Balaban J connectivity index is 1.83. The number of halogens is 3. The molecule has 1 saturated carbocycles. The largest absolute Gasteiger partial charge is 0.481 e. The predicted molar refractivity (Wildman–Crippen MR) is 111 cm³/mol. The van der Waals surface area contributed by atoms with Crippen LogP contribution in [0.1, 0.15) is 63.4 Å². The summed E-state index contributed by atoms with van der Waals surface area (Å²) in [5.41, 5.74) is -0.976. The van der Waals surface area contributed by atoms with Crippen LogP contribution in [0.2, 0.25) is 0 Å². The summed E-state index contributed by atoms with van der Waals surface area (Å²) in [5, 5.41) is 39.4. The van der Waals surface area contributed by atoms with Crippen LogP contribution < -0.4 is 4.74 Å². The molecule has 0 saturated heterocycles. The Hall–Kier alpha value is -2.17. The fraction of sp³-hybridized carbons (Fsp3) is 0.652. The molecule has 186 valence electrons. The Kier molecular flexibility index (Phi) is 10.1. The van der Waals surface area contributed by atoms with Crippen LogP contribution in [-0.4, -0.2) is 50.7 Å². The summed E-state index contributed by atoms with van der Waals surface area (Å²) in [5.74, 6) is -2.81. The summed E-state index contributed by atoms with van der Waals surface area (Å²) in [6, 6.07) is 3.80. The number of hydrogen-bond acceptors (Lipinski definition) is 6. The zero-order chi connectivity index (χ0) is 24.6. The SMILES string of the molecule is O=C(O)CCCCCC[C@@H]1C(CCC(O)C(=O)Oc2cccc(C(F)(F)F)c2)C(O)C[C@@H]1O. The van der Waals surface area contributed by atoms with Gasteiger partial charge in [-0.3, -0.25) is 4.79 Å². The van der Waals surface area contributed by atoms with E-state index in [0.29, 0.717) is 18.9 Å². The molecule has 0 amide bonds. The van der Waals surface area contributed by atoms with Gasteiger partial charge in [0.1, 0.15) is 5.75 Å². The molecule has 10 heteroatoms. The van der Waals surface area contributed by atoms with Crippen molar-refractivity contribution in [2.75, 3.05) is 0 Å². The van der Waals surface area contributed by atoms with Crippen LogP contribution in [0.15, 0.2) is 24.3 Å². The molecule has 33 heavy (non-hydrogen) atoms. The molecule has 0 spiro atoms. The second-order valence-electron chi connectivity index (χ2n) is 8.58. The van der Waals surface area contributed by atoms with Gasteiger partial charge in [-0.05, 0) is 62.1 Å². The number of carbonyl (C=O) groups is 2. The van der Waals surface area contributed by atoms with Gasteiger partial charge >= 0.3 is 18.1 Å². The van der Waals surface area contributed by atoms with Crippen LogP contribution in [0.3, 0.4) is 0 Å². The molecule has 0 radical (unpaired) electrons. The number of rotatable bonds is 12. The number of ether oxygens (including phenoxy) is 1. The van der Waals surface area contributed by atoms with E-state index in [9.17, 15) is 38.1 Å². The number of aliphatic carboxylic acids is 1. The highest BCUT2D eigenvalue weighted by molar-refractivity contribution is 5.76. The molecule has 0 heterocycles. The summed E-state index contributed by atoms with van der Waals surface area (Å²) in [4.78, 5) is 22.7. The first-order valence-electron chi connectivity index (χ1n) is 11.1. The lowest BCUT2D eigenvalue weighted by molar-refractivity contribution is -0.145. The van der Waals surface area contributed by atoms with Crippen molar-refractivity contribution in [3.05, 3.63) is 29.8 Å². The third kappa shape index (κ3) is 8.60. The summed E-state index contributed by atoms with van der Waals surface area (Å²) in [6.07, 6.45) is -3.69. The Labute approximate surface area is 190 Å². The maximum Gasteiger partial charge on any atom is 0.416 e. The molecule has 3 unspecified atom stereocenters. The average molecular weight is 476 g/mol. The smallest absolute Gasteiger partial charge is 0.416 e. The Morgan fingerprint density at radius 2 is 1.67 bits per heavy atom. The van der Waals surface area contributed by atoms with Crippen LogP contribution in [-0.2, 0) is 15.8 Å². The van der Waals surface area contributed by atoms with Gasteiger partial charge in [0.25, 0.3) is 0 Å². The number of hydrogen-bond donors (Lipinski definition) is 4. The quantitative estimate of drug-likeness (QED) is 0.207. The molecule has 1 aromatic carbocycles. The van der Waals surface area contributed by atoms with E-state index in [1.807, 2.05) is 0 Å². The standard InChI is InChI=1S/C23H31F3O7/c24-23(25,26)14-6-5-7-15(12-14)33-22(32)18(27)11-10-17-16(19(28)13-20(17)29)8-3-1-2-4-9-21(30)31/h5-7,12,16-20,27-29H,1-4,8-11,13H2,(H,30,31)/t16-,17?,18?,19+,20?/m1/s1. The summed E-state index contributed by atoms with van der Waals surface area (Å²) >= 11 is 0. The fourth-order valence-corrected chi connectivity index (χ4v) is 4.38. The minimum Gasteiger partial charge on any atom is -0.481 e. The first-order valence-corrected chi connectivity index (χ1v) is 11.1. The van der Waals surface area contributed by atoms with Gasteiger partial charge < -0.3 is 25.2 Å². The molecule has 2 rings (SSSR count). The van der Waals surface area contributed by atoms with E-state index in [1.165, 1.54) is 6.07 Å². The number of carbonyl (C=O) groups excluding carboxylic acids is 1. The molecule has 4 N–H and O–H groups in total. The summed E-state index contributed by atoms with van der Waals surface area (Å²) < 4.78 is 43.2. The number of carboxylic acids is 1. The monoisotopic (exact) mass is 476 g/mol. The Bertz CT molecular complexity index is 784. The summed E-state index contributed by atoms with van der Waals surface area (Å²) in [7, 11) is 0. The number of esters is 1. The van der Waals surface area contributed by atoms with E-state index in [2.05, 4.69) is 0 Å². The highest BCUT2D eigenvalue weighted by atomic mass is 19.4. The van der Waals surface area contributed by atoms with E-state index in [4.69, 9.17) is 9.84 Å². The Morgan fingerprint density at radius 3 is 2.30 bits per heavy atom. The molecular weight excluding hydrogens is 445 g/mol. The van der Waals surface area contributed by atoms with Gasteiger partial charge in [0, 0.05) is 6.42 Å². The van der Waals surface area contributed by atoms with Crippen LogP contribution in [0, 0.1) is 11.8 Å². The van der Waals surface area contributed by atoms with Gasteiger partial charge in [-0.1, -0.05) is 25.3 Å². The zero-order valence-electron chi connectivity index (χ0n) is 18.2. The summed E-state index contributed by atoms with van der Waals surface area (Å²) in [6.45, 7) is 0. The molecule has 0 aliphatic heterocycles. The predicted octanol–water partition coefficient (Wildman–Crippen LogP) is 3.54. The zero-order valence-corrected chi connectivity index (χ0v) is 18.2. The highest BCUT2D eigenvalue weighted by Gasteiger charge is 2.41. The number of aliphatic hydroxyl groups is 3. The van der Waals surface area contributed by atoms with E-state index >= 15 is 0 Å². The normalized spacial score (nSPS) is 23.9. The lowest BCUT2D eigenvalue weighted by Crippen LogP contribution is -2.29. The van der Waals surface area contributed by atoms with Gasteiger partial charge in [-0.25, -0.2) is 4.79 Å². The average Bonchev–Trinajstić information content (AvgIpc) is 3.00. The molecule has 1 aliphatic carbocycles. The molecule has 1 fully saturated rings. The number of alkyl halides is 3. The lowest BCUT2D eigenvalue weighted by Gasteiger charge is -2.24. The maximum atomic E-state index is 12.8. The van der Waals surface area contributed by atoms with Crippen molar-refractivity contribution in [2.45, 2.75) is 82.3 Å². The van der Waals surface area contributed by atoms with Crippen LogP contribution >= 0.6 is 0 Å². The van der Waals surface area contributed by atoms with Crippen molar-refractivity contribution in [1.29, 1.82) is 0 Å². The number of aliphatic hydroxyl groups excluding tert-OH is 3. The van der Waals surface area contributed by atoms with Crippen molar-refractivity contribution in [1.82, 2.24) is 0 Å². The first-order chi connectivity index (χ1) is 15.5. The van der Waals surface area contributed by atoms with Crippen LogP contribution in [0.5, 0.6) is 5.75 Å². The van der Waals surface area contributed by atoms with E-state index < -0.39 is 42.0 Å². The third-order valence-corrected chi connectivity index (χ3v) is 6.12. The van der Waals surface area contributed by atoms with Gasteiger partial charge in [0.05, 0.1) is 17.8 Å². The second-order valence-corrected chi connectivity index (χ2v) is 8.58. The molecule has 0 bridgehead atoms. The second kappa shape index (κ2) is 12.3. The van der Waals surface area contributed by atoms with Gasteiger partial charge in [-0.15, -0.1) is 0 Å². The van der Waals surface area contributed by atoms with Crippen molar-refractivity contribution in [2.24, 2.45) is 11.8 Å². The molecule has 5 atom stereocenters. The number of carboxylic acid groups (broad SMARTS) is 1. The Morgan fingerprint density at radius 1 is 1.03 bits per heavy atom. The van der Waals surface area contributed by atoms with Gasteiger partial charge in [0.15, 0.2) is 6.10 Å². The fourth-order valence-electron chi connectivity index (χ4n) is 4.38. The molecule has 1 aliphatic rings. The molecule has 7 nitrogen and oxygen atoms in total. The topological polar surface area (TPSA) is 124 Å². The van der Waals surface area contributed by atoms with Crippen LogP contribution in [0.25, 0.3) is 0 Å². The minimum atomic E-state index is -4.59. The van der Waals surface area contributed by atoms with Crippen molar-refractivity contribution in [3.63, 3.8) is 0 Å². The number of benzene rings is 1. The number of unbranched alkanes of at least 4 members (excludes halogenated alkanes) is 3. The first kappa shape index (κ1) is 27.1. The highest BCUT2D eigenvalue weighted by Crippen LogP contribution is 2.39. The third-order valence-electron chi connectivity index (χ3n) is 6.12. The van der Waals surface area contributed by atoms with Gasteiger partial charge in [-0.2, -0.15) is 13.2 Å².